The van der Waals surface area contributed by atoms with Crippen LogP contribution in [0.3, 0.4) is 0 Å². The first-order valence-electron chi connectivity index (χ1n) is 3.71. The molecule has 0 aromatic heterocycles. The number of hydrogen-bond acceptors (Lipinski definition) is 2. The Bertz CT molecular complexity index is 129. The van der Waals surface area contributed by atoms with Crippen LogP contribution < -0.4 is 0 Å². The maximum Gasteiger partial charge on any atom is 0.0964 e. The average Bonchev–Trinajstić information content (AvgIpc) is 2.05. The van der Waals surface area contributed by atoms with Crippen LogP contribution in [-0.2, 0) is 9.47 Å². The Morgan fingerprint density at radius 1 is 1.80 bits per heavy atom. The van der Waals surface area contributed by atoms with Crippen molar-refractivity contribution < 1.29 is 9.47 Å². The van der Waals surface area contributed by atoms with Crippen LogP contribution in [0, 0.1) is 0 Å². The standard InChI is InChI=1S/C8H14O2/c1-3-7-6-8(9-2)4-5-10-7/h4,7H,3,5-6H2,1-2H3. The van der Waals surface area contributed by atoms with Crippen LogP contribution in [0.25, 0.3) is 0 Å². The van der Waals surface area contributed by atoms with Crippen LogP contribution in [0.2, 0.25) is 0 Å². The van der Waals surface area contributed by atoms with Gasteiger partial charge in [0.25, 0.3) is 0 Å². The summed E-state index contributed by atoms with van der Waals surface area (Å²) in [6.45, 7) is 2.84. The molecule has 10 heavy (non-hydrogen) atoms. The normalized spacial score (nSPS) is 25.8. The highest BCUT2D eigenvalue weighted by atomic mass is 16.5. The summed E-state index contributed by atoms with van der Waals surface area (Å²) in [4.78, 5) is 0. The molecule has 1 atom stereocenters. The van der Waals surface area contributed by atoms with Gasteiger partial charge in [-0.3, -0.25) is 0 Å². The monoisotopic (exact) mass is 142 g/mol. The van der Waals surface area contributed by atoms with Crippen LogP contribution in [0.1, 0.15) is 19.8 Å². The van der Waals surface area contributed by atoms with Gasteiger partial charge in [-0.2, -0.15) is 0 Å². The molecule has 0 radical (unpaired) electrons. The zero-order valence-corrected chi connectivity index (χ0v) is 6.59. The molecule has 1 aliphatic heterocycles. The Morgan fingerprint density at radius 3 is 3.20 bits per heavy atom. The highest BCUT2D eigenvalue weighted by Gasteiger charge is 2.13. The summed E-state index contributed by atoms with van der Waals surface area (Å²) in [6.07, 6.45) is 4.37. The van der Waals surface area contributed by atoms with Gasteiger partial charge in [-0.15, -0.1) is 0 Å². The van der Waals surface area contributed by atoms with Gasteiger partial charge in [0.1, 0.15) is 0 Å². The van der Waals surface area contributed by atoms with Crippen molar-refractivity contribution in [2.24, 2.45) is 0 Å². The van der Waals surface area contributed by atoms with Gasteiger partial charge in [0.05, 0.1) is 25.6 Å². The fraction of sp³-hybridized carbons (Fsp3) is 0.750. The molecule has 0 fully saturated rings. The van der Waals surface area contributed by atoms with Crippen molar-refractivity contribution in [3.63, 3.8) is 0 Å². The smallest absolute Gasteiger partial charge is 0.0964 e. The van der Waals surface area contributed by atoms with Crippen LogP contribution in [0.5, 0.6) is 0 Å². The van der Waals surface area contributed by atoms with Gasteiger partial charge in [-0.25, -0.2) is 0 Å². The third kappa shape index (κ3) is 1.74. The van der Waals surface area contributed by atoms with E-state index >= 15 is 0 Å². The lowest BCUT2D eigenvalue weighted by molar-refractivity contribution is 0.0435. The van der Waals surface area contributed by atoms with E-state index in [9.17, 15) is 0 Å². The Kier molecular flexibility index (Phi) is 2.75. The zero-order valence-electron chi connectivity index (χ0n) is 6.59. The minimum Gasteiger partial charge on any atom is -0.501 e. The van der Waals surface area contributed by atoms with Crippen LogP contribution in [-0.4, -0.2) is 19.8 Å². The van der Waals surface area contributed by atoms with Crippen LogP contribution in [0.4, 0.5) is 0 Å². The van der Waals surface area contributed by atoms with Crippen molar-refractivity contribution in [3.05, 3.63) is 11.8 Å². The van der Waals surface area contributed by atoms with Gasteiger partial charge in [0.2, 0.25) is 0 Å². The summed E-state index contributed by atoms with van der Waals surface area (Å²) in [5.41, 5.74) is 0. The molecule has 0 N–H and O–H groups in total. The lowest BCUT2D eigenvalue weighted by Crippen LogP contribution is -2.18. The molecule has 0 aliphatic carbocycles. The summed E-state index contributed by atoms with van der Waals surface area (Å²) in [6, 6.07) is 0. The average molecular weight is 142 g/mol. The number of rotatable bonds is 2. The molecule has 0 saturated carbocycles. The Labute approximate surface area is 61.8 Å². The maximum absolute atomic E-state index is 5.40. The van der Waals surface area contributed by atoms with E-state index in [0.29, 0.717) is 12.7 Å². The SMILES string of the molecule is CCC1CC(OC)=CCO1. The van der Waals surface area contributed by atoms with E-state index in [1.165, 1.54) is 0 Å². The summed E-state index contributed by atoms with van der Waals surface area (Å²) in [5, 5.41) is 0. The van der Waals surface area contributed by atoms with Gasteiger partial charge >= 0.3 is 0 Å². The van der Waals surface area contributed by atoms with Crippen molar-refractivity contribution in [1.82, 2.24) is 0 Å². The molecule has 2 nitrogen and oxygen atoms in total. The van der Waals surface area contributed by atoms with Gasteiger partial charge in [0, 0.05) is 6.42 Å². The van der Waals surface area contributed by atoms with Gasteiger partial charge in [-0.05, 0) is 12.5 Å². The van der Waals surface area contributed by atoms with Gasteiger partial charge in [-0.1, -0.05) is 6.92 Å². The van der Waals surface area contributed by atoms with Gasteiger partial charge < -0.3 is 9.47 Å². The van der Waals surface area contributed by atoms with E-state index in [0.717, 1.165) is 18.6 Å². The molecular weight excluding hydrogens is 128 g/mol. The first-order chi connectivity index (χ1) is 4.86. The Morgan fingerprint density at radius 2 is 2.60 bits per heavy atom. The minimum absolute atomic E-state index is 0.375. The second-order valence-electron chi connectivity index (χ2n) is 2.44. The summed E-state index contributed by atoms with van der Waals surface area (Å²) >= 11 is 0. The van der Waals surface area contributed by atoms with E-state index in [1.54, 1.807) is 7.11 Å². The quantitative estimate of drug-likeness (QED) is 0.584. The maximum atomic E-state index is 5.40. The highest BCUT2D eigenvalue weighted by Crippen LogP contribution is 2.16. The largest absolute Gasteiger partial charge is 0.501 e. The second-order valence-corrected chi connectivity index (χ2v) is 2.44. The van der Waals surface area contributed by atoms with Crippen molar-refractivity contribution in [1.29, 1.82) is 0 Å². The third-order valence-corrected chi connectivity index (χ3v) is 1.79. The topological polar surface area (TPSA) is 18.5 Å². The lowest BCUT2D eigenvalue weighted by Gasteiger charge is -2.20. The number of methoxy groups -OCH3 is 1. The van der Waals surface area contributed by atoms with E-state index in [1.807, 2.05) is 6.08 Å². The van der Waals surface area contributed by atoms with Crippen molar-refractivity contribution in [3.8, 4) is 0 Å². The first-order valence-corrected chi connectivity index (χ1v) is 3.71. The molecule has 0 bridgehead atoms. The molecular formula is C8H14O2. The molecule has 1 unspecified atom stereocenters. The molecule has 0 saturated heterocycles. The highest BCUT2D eigenvalue weighted by molar-refractivity contribution is 4.98. The molecule has 1 heterocycles. The zero-order chi connectivity index (χ0) is 7.40. The summed E-state index contributed by atoms with van der Waals surface area (Å²) < 4.78 is 10.5. The van der Waals surface area contributed by atoms with E-state index in [4.69, 9.17) is 9.47 Å². The van der Waals surface area contributed by atoms with Gasteiger partial charge in [0.15, 0.2) is 0 Å². The van der Waals surface area contributed by atoms with Crippen molar-refractivity contribution in [2.75, 3.05) is 13.7 Å². The van der Waals surface area contributed by atoms with Crippen molar-refractivity contribution >= 4 is 0 Å². The predicted molar refractivity (Wildman–Crippen MR) is 39.7 cm³/mol. The van der Waals surface area contributed by atoms with E-state index in [2.05, 4.69) is 6.92 Å². The predicted octanol–water partition coefficient (Wildman–Crippen LogP) is 1.72. The summed E-state index contributed by atoms with van der Waals surface area (Å²) in [5.74, 6) is 1.07. The van der Waals surface area contributed by atoms with Crippen molar-refractivity contribution in [2.45, 2.75) is 25.9 Å². The second kappa shape index (κ2) is 3.62. The molecule has 58 valence electrons. The first kappa shape index (κ1) is 7.61. The molecule has 0 aromatic rings. The number of hydrogen-bond donors (Lipinski definition) is 0. The van der Waals surface area contributed by atoms with E-state index in [-0.39, 0.29) is 0 Å². The fourth-order valence-electron chi connectivity index (χ4n) is 1.07. The molecule has 0 aromatic carbocycles. The van der Waals surface area contributed by atoms with Crippen LogP contribution >= 0.6 is 0 Å². The molecule has 0 amide bonds. The lowest BCUT2D eigenvalue weighted by atomic mass is 10.1. The summed E-state index contributed by atoms with van der Waals surface area (Å²) in [7, 11) is 1.71. The molecule has 0 spiro atoms. The van der Waals surface area contributed by atoms with E-state index < -0.39 is 0 Å². The third-order valence-electron chi connectivity index (χ3n) is 1.79. The van der Waals surface area contributed by atoms with Crippen LogP contribution in [0.15, 0.2) is 11.8 Å². The Hall–Kier alpha value is -0.500. The fourth-order valence-corrected chi connectivity index (χ4v) is 1.07. The molecule has 2 heteroatoms. The number of ether oxygens (including phenoxy) is 2. The molecule has 1 aliphatic rings. The Balaban J connectivity index is 2.40. The minimum atomic E-state index is 0.375. The molecule has 1 rings (SSSR count).